The molecule has 0 unspecified atom stereocenters. The van der Waals surface area contributed by atoms with Gasteiger partial charge in [0.15, 0.2) is 11.5 Å². The van der Waals surface area contributed by atoms with Crippen LogP contribution in [0.15, 0.2) is 18.2 Å². The summed E-state index contributed by atoms with van der Waals surface area (Å²) in [7, 11) is 1.93. The predicted octanol–water partition coefficient (Wildman–Crippen LogP) is 3.73. The van der Waals surface area contributed by atoms with Crippen LogP contribution in [0, 0.1) is 11.8 Å². The molecule has 122 valence electrons. The van der Waals surface area contributed by atoms with Crippen LogP contribution in [0.3, 0.4) is 0 Å². The van der Waals surface area contributed by atoms with E-state index < -0.39 is 0 Å². The van der Waals surface area contributed by atoms with Gasteiger partial charge in [0.1, 0.15) is 0 Å². The number of rotatable bonds is 5. The fourth-order valence-corrected chi connectivity index (χ4v) is 3.68. The van der Waals surface area contributed by atoms with Gasteiger partial charge in [-0.25, -0.2) is 0 Å². The average Bonchev–Trinajstić information content (AvgIpc) is 3.46. The first-order valence-corrected chi connectivity index (χ1v) is 8.55. The summed E-state index contributed by atoms with van der Waals surface area (Å²) in [5.41, 5.74) is 0.843. The lowest BCUT2D eigenvalue weighted by molar-refractivity contribution is -0.127. The van der Waals surface area contributed by atoms with Gasteiger partial charge < -0.3 is 14.4 Å². The number of likely N-dealkylation sites (N-methyl/N-ethyl adjacent to an activating group) is 1. The second kappa shape index (κ2) is 5.75. The zero-order valence-corrected chi connectivity index (χ0v) is 13.9. The van der Waals surface area contributed by atoms with Crippen LogP contribution >= 0.6 is 11.6 Å². The first kappa shape index (κ1) is 14.9. The van der Waals surface area contributed by atoms with Crippen molar-refractivity contribution in [3.05, 3.63) is 28.8 Å². The van der Waals surface area contributed by atoms with E-state index >= 15 is 0 Å². The molecule has 0 atom stereocenters. The van der Waals surface area contributed by atoms with Gasteiger partial charge in [0.25, 0.3) is 0 Å². The summed E-state index contributed by atoms with van der Waals surface area (Å²) in [6.07, 6.45) is 8.48. The Hall–Kier alpha value is -1.68. The molecule has 0 radical (unpaired) electrons. The lowest BCUT2D eigenvalue weighted by atomic mass is 10.1. The van der Waals surface area contributed by atoms with Gasteiger partial charge in [0.05, 0.1) is 5.02 Å². The third kappa shape index (κ3) is 3.05. The van der Waals surface area contributed by atoms with Crippen molar-refractivity contribution in [2.75, 3.05) is 13.8 Å². The average molecular weight is 334 g/mol. The van der Waals surface area contributed by atoms with Crippen LogP contribution < -0.4 is 9.47 Å². The molecule has 0 saturated heterocycles. The summed E-state index contributed by atoms with van der Waals surface area (Å²) in [6, 6.07) is 4.06. The van der Waals surface area contributed by atoms with Crippen molar-refractivity contribution in [2.45, 2.75) is 31.7 Å². The van der Waals surface area contributed by atoms with E-state index in [4.69, 9.17) is 21.1 Å². The second-order valence-corrected chi connectivity index (χ2v) is 7.09. The van der Waals surface area contributed by atoms with Crippen LogP contribution in [-0.4, -0.2) is 30.7 Å². The molecule has 23 heavy (non-hydrogen) atoms. The van der Waals surface area contributed by atoms with E-state index in [1.807, 2.05) is 18.0 Å². The molecule has 1 aromatic carbocycles. The second-order valence-electron chi connectivity index (χ2n) is 6.68. The summed E-state index contributed by atoms with van der Waals surface area (Å²) in [4.78, 5) is 14.4. The van der Waals surface area contributed by atoms with Crippen LogP contribution in [0.1, 0.15) is 31.2 Å². The van der Waals surface area contributed by atoms with Crippen molar-refractivity contribution in [3.63, 3.8) is 0 Å². The molecule has 0 bridgehead atoms. The lowest BCUT2D eigenvalue weighted by Crippen LogP contribution is -2.39. The zero-order chi connectivity index (χ0) is 16.0. The number of benzene rings is 1. The van der Waals surface area contributed by atoms with Gasteiger partial charge in [-0.15, -0.1) is 0 Å². The van der Waals surface area contributed by atoms with Gasteiger partial charge in [-0.1, -0.05) is 11.6 Å². The Morgan fingerprint density at radius 2 is 1.96 bits per heavy atom. The topological polar surface area (TPSA) is 38.8 Å². The number of halogens is 1. The molecule has 4 nitrogen and oxygen atoms in total. The van der Waals surface area contributed by atoms with Crippen LogP contribution in [0.2, 0.25) is 5.02 Å². The van der Waals surface area contributed by atoms with E-state index in [1.165, 1.54) is 25.7 Å². The summed E-state index contributed by atoms with van der Waals surface area (Å²) in [5, 5.41) is 0.509. The van der Waals surface area contributed by atoms with Crippen molar-refractivity contribution < 1.29 is 14.3 Å². The van der Waals surface area contributed by atoms with Gasteiger partial charge in [-0.2, -0.15) is 0 Å². The maximum absolute atomic E-state index is 12.5. The summed E-state index contributed by atoms with van der Waals surface area (Å²) in [5.74, 6) is 2.69. The van der Waals surface area contributed by atoms with Gasteiger partial charge in [0.2, 0.25) is 12.7 Å². The third-order valence-corrected chi connectivity index (χ3v) is 5.15. The molecule has 2 fully saturated rings. The molecular weight excluding hydrogens is 314 g/mol. The van der Waals surface area contributed by atoms with Crippen LogP contribution in [-0.2, 0) is 4.79 Å². The Morgan fingerprint density at radius 1 is 1.26 bits per heavy atom. The molecule has 3 aliphatic rings. The van der Waals surface area contributed by atoms with Gasteiger partial charge >= 0.3 is 0 Å². The van der Waals surface area contributed by atoms with Crippen molar-refractivity contribution in [1.82, 2.24) is 4.90 Å². The number of hydrogen-bond donors (Lipinski definition) is 0. The molecule has 0 aromatic heterocycles. The first-order chi connectivity index (χ1) is 11.1. The molecular formula is C18H20ClNO3. The Balaban J connectivity index is 1.47. The highest BCUT2D eigenvalue weighted by Crippen LogP contribution is 2.47. The predicted molar refractivity (Wildman–Crippen MR) is 88.6 cm³/mol. The number of ether oxygens (including phenoxy) is 2. The van der Waals surface area contributed by atoms with E-state index in [0.29, 0.717) is 34.4 Å². The molecule has 5 heteroatoms. The molecule has 1 aromatic rings. The molecule has 1 aliphatic heterocycles. The number of fused-ring (bicyclic) bond motifs is 1. The SMILES string of the molecule is CN(C(=O)/C=C\c1cc(Cl)c2c(c1)OCO2)C(C1CC1)C1CC1. The molecule has 0 spiro atoms. The number of carbonyl (C=O) groups excluding carboxylic acids is 1. The molecule has 2 aliphatic carbocycles. The molecule has 4 rings (SSSR count). The number of amides is 1. The lowest BCUT2D eigenvalue weighted by Gasteiger charge is -2.27. The standard InChI is InChI=1S/C18H20ClNO3/c1-20(17(12-3-4-12)13-5-6-13)16(21)7-2-11-8-14(19)18-15(9-11)22-10-23-18/h2,7-9,12-13,17H,3-6,10H2,1H3/b7-2-. The highest BCUT2D eigenvalue weighted by Gasteiger charge is 2.44. The number of nitrogens with zero attached hydrogens (tertiary/aromatic N) is 1. The maximum Gasteiger partial charge on any atom is 0.246 e. The largest absolute Gasteiger partial charge is 0.454 e. The van der Waals surface area contributed by atoms with Gasteiger partial charge in [-0.3, -0.25) is 4.79 Å². The first-order valence-electron chi connectivity index (χ1n) is 8.17. The minimum absolute atomic E-state index is 0.0580. The summed E-state index contributed by atoms with van der Waals surface area (Å²) < 4.78 is 10.6. The van der Waals surface area contributed by atoms with Crippen molar-refractivity contribution in [3.8, 4) is 11.5 Å². The monoisotopic (exact) mass is 333 g/mol. The van der Waals surface area contributed by atoms with Crippen LogP contribution in [0.4, 0.5) is 0 Å². The zero-order valence-electron chi connectivity index (χ0n) is 13.1. The minimum Gasteiger partial charge on any atom is -0.454 e. The maximum atomic E-state index is 12.5. The van der Waals surface area contributed by atoms with E-state index in [9.17, 15) is 4.79 Å². The van der Waals surface area contributed by atoms with Gasteiger partial charge in [0, 0.05) is 19.2 Å². The summed E-state index contributed by atoms with van der Waals surface area (Å²) in [6.45, 7) is 0.189. The molecule has 2 saturated carbocycles. The van der Waals surface area contributed by atoms with E-state index in [-0.39, 0.29) is 12.7 Å². The Kier molecular flexibility index (Phi) is 3.72. The Bertz CT molecular complexity index is 652. The summed E-state index contributed by atoms with van der Waals surface area (Å²) >= 11 is 6.17. The van der Waals surface area contributed by atoms with E-state index in [0.717, 1.165) is 5.56 Å². The highest BCUT2D eigenvalue weighted by molar-refractivity contribution is 6.32. The van der Waals surface area contributed by atoms with Crippen molar-refractivity contribution in [1.29, 1.82) is 0 Å². The smallest absolute Gasteiger partial charge is 0.246 e. The molecule has 1 amide bonds. The Labute approximate surface area is 141 Å². The number of carbonyl (C=O) groups is 1. The van der Waals surface area contributed by atoms with Crippen molar-refractivity contribution >= 4 is 23.6 Å². The van der Waals surface area contributed by atoms with Crippen LogP contribution in [0.5, 0.6) is 11.5 Å². The molecule has 1 heterocycles. The highest BCUT2D eigenvalue weighted by atomic mass is 35.5. The Morgan fingerprint density at radius 3 is 2.61 bits per heavy atom. The van der Waals surface area contributed by atoms with Gasteiger partial charge in [-0.05, 0) is 61.3 Å². The molecule has 0 N–H and O–H groups in total. The fourth-order valence-electron chi connectivity index (χ4n) is 3.41. The fraction of sp³-hybridized carbons (Fsp3) is 0.500. The van der Waals surface area contributed by atoms with E-state index in [1.54, 1.807) is 18.2 Å². The van der Waals surface area contributed by atoms with Crippen LogP contribution in [0.25, 0.3) is 6.08 Å². The van der Waals surface area contributed by atoms with E-state index in [2.05, 4.69) is 0 Å². The third-order valence-electron chi connectivity index (χ3n) is 4.87. The number of hydrogen-bond acceptors (Lipinski definition) is 3. The normalized spacial score (nSPS) is 19.6. The minimum atomic E-state index is 0.0580. The van der Waals surface area contributed by atoms with Crippen molar-refractivity contribution in [2.24, 2.45) is 11.8 Å². The quantitative estimate of drug-likeness (QED) is 0.771.